The minimum atomic E-state index is -0.226. The fourth-order valence-corrected chi connectivity index (χ4v) is 1.97. The first-order valence-electron chi connectivity index (χ1n) is 4.00. The number of hydrogen-bond donors (Lipinski definition) is 1. The first-order chi connectivity index (χ1) is 6.81. The minimum Gasteiger partial charge on any atom is -0.398 e. The Bertz CT molecular complexity index is 571. The Morgan fingerprint density at radius 1 is 1.43 bits per heavy atom. The van der Waals surface area contributed by atoms with E-state index < -0.39 is 0 Å². The number of benzene rings is 1. The van der Waals surface area contributed by atoms with Crippen LogP contribution in [0.4, 0.5) is 0 Å². The molecule has 1 aromatic heterocycles. The lowest BCUT2D eigenvalue weighted by atomic mass is 10.3. The number of rotatable bonds is 1. The Morgan fingerprint density at radius 2 is 2.21 bits per heavy atom. The molecule has 14 heavy (non-hydrogen) atoms. The Morgan fingerprint density at radius 3 is 3.00 bits per heavy atom. The third-order valence-electron chi connectivity index (χ3n) is 1.71. The van der Waals surface area contributed by atoms with Gasteiger partial charge >= 0.3 is 0 Å². The highest BCUT2D eigenvalue weighted by molar-refractivity contribution is 7.16. The van der Waals surface area contributed by atoms with Crippen LogP contribution in [-0.4, -0.2) is 12.1 Å². The molecule has 0 aliphatic carbocycles. The van der Waals surface area contributed by atoms with Crippen LogP contribution in [0.25, 0.3) is 10.2 Å². The first-order valence-corrected chi connectivity index (χ1v) is 4.82. The lowest BCUT2D eigenvalue weighted by Gasteiger charge is -1.94. The summed E-state index contributed by atoms with van der Waals surface area (Å²) < 4.78 is 1.30. The van der Waals surface area contributed by atoms with E-state index in [1.165, 1.54) is 18.4 Å². The van der Waals surface area contributed by atoms with Gasteiger partial charge in [-0.05, 0) is 12.1 Å². The standard InChI is InChI=1S/C9H8N2O2S/c1-13-11-9-8(12)10-6-4-2-3-5-7(6)14-9/h2-5H,1H3,(H,10,12)/b11-9+. The highest BCUT2D eigenvalue weighted by Gasteiger charge is 1.97. The summed E-state index contributed by atoms with van der Waals surface area (Å²) in [5.74, 6) is 0. The van der Waals surface area contributed by atoms with Crippen LogP contribution in [0, 0.1) is 0 Å². The van der Waals surface area contributed by atoms with Crippen molar-refractivity contribution in [2.75, 3.05) is 7.11 Å². The van der Waals surface area contributed by atoms with Crippen LogP contribution in [-0.2, 0) is 4.84 Å². The van der Waals surface area contributed by atoms with Gasteiger partial charge in [0.25, 0.3) is 5.56 Å². The molecule has 0 fully saturated rings. The van der Waals surface area contributed by atoms with Crippen molar-refractivity contribution in [3.8, 4) is 0 Å². The predicted octanol–water partition coefficient (Wildman–Crippen LogP) is 1.05. The van der Waals surface area contributed by atoms with Crippen LogP contribution in [0.1, 0.15) is 0 Å². The molecule has 0 aliphatic heterocycles. The molecule has 0 radical (unpaired) electrons. The zero-order valence-electron chi connectivity index (χ0n) is 7.48. The Balaban J connectivity index is 2.85. The lowest BCUT2D eigenvalue weighted by molar-refractivity contribution is 0.201. The second kappa shape index (κ2) is 3.63. The molecule has 0 amide bonds. The minimum absolute atomic E-state index is 0.226. The zero-order chi connectivity index (χ0) is 9.97. The Kier molecular flexibility index (Phi) is 2.32. The summed E-state index contributed by atoms with van der Waals surface area (Å²) >= 11 is 1.30. The van der Waals surface area contributed by atoms with Crippen molar-refractivity contribution in [1.29, 1.82) is 0 Å². The number of fused-ring (bicyclic) bond motifs is 1. The van der Waals surface area contributed by atoms with Gasteiger partial charge in [-0.3, -0.25) is 4.79 Å². The maximum absolute atomic E-state index is 11.4. The van der Waals surface area contributed by atoms with Crippen molar-refractivity contribution >= 4 is 21.6 Å². The molecule has 72 valence electrons. The van der Waals surface area contributed by atoms with Gasteiger partial charge in [-0.1, -0.05) is 17.3 Å². The van der Waals surface area contributed by atoms with Crippen LogP contribution in [0.3, 0.4) is 0 Å². The van der Waals surface area contributed by atoms with Crippen molar-refractivity contribution in [3.63, 3.8) is 0 Å². The summed E-state index contributed by atoms with van der Waals surface area (Å²) in [6, 6.07) is 7.56. The molecule has 1 aromatic carbocycles. The molecular weight excluding hydrogens is 200 g/mol. The maximum atomic E-state index is 11.4. The summed E-state index contributed by atoms with van der Waals surface area (Å²) in [6.45, 7) is 0. The number of aromatic nitrogens is 1. The molecule has 0 saturated carbocycles. The molecule has 1 N–H and O–H groups in total. The monoisotopic (exact) mass is 208 g/mol. The van der Waals surface area contributed by atoms with E-state index in [-0.39, 0.29) is 5.56 Å². The molecule has 0 bridgehead atoms. The van der Waals surface area contributed by atoms with Crippen LogP contribution in [0.2, 0.25) is 0 Å². The highest BCUT2D eigenvalue weighted by Crippen LogP contribution is 2.09. The summed E-state index contributed by atoms with van der Waals surface area (Å²) in [6.07, 6.45) is 0. The van der Waals surface area contributed by atoms with Crippen molar-refractivity contribution in [2.45, 2.75) is 0 Å². The molecule has 2 rings (SSSR count). The van der Waals surface area contributed by atoms with Gasteiger partial charge in [0.15, 0.2) is 0 Å². The van der Waals surface area contributed by atoms with Crippen LogP contribution >= 0.6 is 11.3 Å². The Hall–Kier alpha value is -1.62. The fraction of sp³-hybridized carbons (Fsp3) is 0.111. The third kappa shape index (κ3) is 1.54. The second-order valence-corrected chi connectivity index (χ2v) is 3.66. The molecule has 0 atom stereocenters. The van der Waals surface area contributed by atoms with Gasteiger partial charge in [-0.15, -0.1) is 11.3 Å². The van der Waals surface area contributed by atoms with Crippen LogP contribution in [0.5, 0.6) is 0 Å². The molecule has 0 spiro atoms. The van der Waals surface area contributed by atoms with Gasteiger partial charge in [-0.2, -0.15) is 0 Å². The SMILES string of the molecule is CO/N=c1/sc2ccccc2[nH]c1=O. The number of aromatic amines is 1. The van der Waals surface area contributed by atoms with E-state index in [2.05, 4.69) is 15.0 Å². The number of para-hydroxylation sites is 1. The van der Waals surface area contributed by atoms with E-state index in [1.54, 1.807) is 0 Å². The molecule has 0 aliphatic rings. The smallest absolute Gasteiger partial charge is 0.288 e. The molecule has 1 heterocycles. The summed E-state index contributed by atoms with van der Waals surface area (Å²) in [5.41, 5.74) is 0.591. The predicted molar refractivity (Wildman–Crippen MR) is 55.0 cm³/mol. The van der Waals surface area contributed by atoms with Gasteiger partial charge in [-0.25, -0.2) is 0 Å². The van der Waals surface area contributed by atoms with Crippen LogP contribution in [0.15, 0.2) is 34.2 Å². The Labute approximate surface area is 83.5 Å². The van der Waals surface area contributed by atoms with Gasteiger partial charge in [0.1, 0.15) is 7.11 Å². The molecule has 0 saturated heterocycles. The van der Waals surface area contributed by atoms with Crippen molar-refractivity contribution in [1.82, 2.24) is 4.98 Å². The molecule has 5 heteroatoms. The zero-order valence-corrected chi connectivity index (χ0v) is 8.30. The molecular formula is C9H8N2O2S. The van der Waals surface area contributed by atoms with E-state index in [9.17, 15) is 4.79 Å². The molecule has 4 nitrogen and oxygen atoms in total. The summed E-state index contributed by atoms with van der Waals surface area (Å²) in [5, 5.41) is 3.63. The number of nitrogens with zero attached hydrogens (tertiary/aromatic N) is 1. The van der Waals surface area contributed by atoms with Gasteiger partial charge in [0.2, 0.25) is 4.67 Å². The maximum Gasteiger partial charge on any atom is 0.288 e. The van der Waals surface area contributed by atoms with Crippen molar-refractivity contribution in [2.24, 2.45) is 5.16 Å². The van der Waals surface area contributed by atoms with E-state index in [4.69, 9.17) is 0 Å². The van der Waals surface area contributed by atoms with E-state index in [1.807, 2.05) is 24.3 Å². The third-order valence-corrected chi connectivity index (χ3v) is 2.74. The average molecular weight is 208 g/mol. The summed E-state index contributed by atoms with van der Waals surface area (Å²) in [4.78, 5) is 18.7. The largest absolute Gasteiger partial charge is 0.398 e. The van der Waals surface area contributed by atoms with Crippen LogP contribution < -0.4 is 10.2 Å². The highest BCUT2D eigenvalue weighted by atomic mass is 32.1. The first kappa shape index (κ1) is 8.96. The van der Waals surface area contributed by atoms with Gasteiger partial charge in [0, 0.05) is 0 Å². The van der Waals surface area contributed by atoms with Gasteiger partial charge in [0.05, 0.1) is 10.2 Å². The van der Waals surface area contributed by atoms with Crippen molar-refractivity contribution in [3.05, 3.63) is 39.3 Å². The van der Waals surface area contributed by atoms with E-state index >= 15 is 0 Å². The average Bonchev–Trinajstić information content (AvgIpc) is 2.19. The van der Waals surface area contributed by atoms with Gasteiger partial charge < -0.3 is 9.82 Å². The molecule has 0 unspecified atom stereocenters. The van der Waals surface area contributed by atoms with Crippen molar-refractivity contribution < 1.29 is 4.84 Å². The topological polar surface area (TPSA) is 54.4 Å². The molecule has 2 aromatic rings. The fourth-order valence-electron chi connectivity index (χ4n) is 1.13. The number of hydrogen-bond acceptors (Lipinski definition) is 4. The van der Waals surface area contributed by atoms with E-state index in [0.717, 1.165) is 10.2 Å². The van der Waals surface area contributed by atoms with E-state index in [0.29, 0.717) is 4.67 Å². The number of nitrogens with one attached hydrogen (secondary N) is 1. The normalized spacial score (nSPS) is 11.9. The number of H-pyrrole nitrogens is 1. The lowest BCUT2D eigenvalue weighted by Crippen LogP contribution is -2.24. The second-order valence-electron chi connectivity index (χ2n) is 2.63. The quantitative estimate of drug-likeness (QED) is 0.712. The summed E-state index contributed by atoms with van der Waals surface area (Å²) in [7, 11) is 1.42.